The molecule has 8 heteroatoms. The number of hydrogen-bond donors (Lipinski definition) is 0. The Morgan fingerprint density at radius 1 is 1.12 bits per heavy atom. The fraction of sp³-hybridized carbons (Fsp3) is 0.125. The molecule has 1 aromatic carbocycles. The van der Waals surface area contributed by atoms with Gasteiger partial charge in [-0.25, -0.2) is 8.42 Å². The third-order valence-corrected chi connectivity index (χ3v) is 2.65. The molecular formula is C8H6K2O5S. The number of aliphatic carboxylic acids is 1. The molecule has 1 unspecified atom stereocenters. The fourth-order valence-electron chi connectivity index (χ4n) is 1.05. The van der Waals surface area contributed by atoms with E-state index in [1.807, 2.05) is 0 Å². The maximum Gasteiger partial charge on any atom is 1.00 e. The molecule has 1 rings (SSSR count). The largest absolute Gasteiger partial charge is 1.00 e. The van der Waals surface area contributed by atoms with Crippen LogP contribution in [0, 0.1) is 0 Å². The van der Waals surface area contributed by atoms with E-state index in [0.717, 1.165) is 0 Å². The minimum atomic E-state index is -4.93. The van der Waals surface area contributed by atoms with E-state index in [1.165, 1.54) is 24.3 Å². The number of carboxylic acid groups (broad SMARTS) is 1. The van der Waals surface area contributed by atoms with E-state index in [1.54, 1.807) is 6.07 Å². The van der Waals surface area contributed by atoms with Gasteiger partial charge >= 0.3 is 103 Å². The summed E-state index contributed by atoms with van der Waals surface area (Å²) in [6, 6.07) is 6.95. The molecule has 16 heavy (non-hydrogen) atoms. The van der Waals surface area contributed by atoms with Crippen LogP contribution in [-0.2, 0) is 14.9 Å². The number of hydrogen-bond acceptors (Lipinski definition) is 5. The van der Waals surface area contributed by atoms with Gasteiger partial charge < -0.3 is 14.5 Å². The van der Waals surface area contributed by atoms with Crippen LogP contribution in [0.5, 0.6) is 0 Å². The summed E-state index contributed by atoms with van der Waals surface area (Å²) in [5, 5.41) is 8.32. The second-order valence-corrected chi connectivity index (χ2v) is 4.06. The normalized spacial score (nSPS) is 11.8. The molecule has 0 bridgehead atoms. The van der Waals surface area contributed by atoms with E-state index >= 15 is 0 Å². The van der Waals surface area contributed by atoms with Gasteiger partial charge in [-0.2, -0.15) is 0 Å². The molecule has 0 saturated carbocycles. The van der Waals surface area contributed by atoms with Crippen LogP contribution in [0.15, 0.2) is 30.3 Å². The van der Waals surface area contributed by atoms with Crippen molar-refractivity contribution >= 4 is 16.1 Å². The zero-order chi connectivity index (χ0) is 10.8. The third kappa shape index (κ3) is 6.16. The Morgan fingerprint density at radius 2 is 1.56 bits per heavy atom. The van der Waals surface area contributed by atoms with Crippen molar-refractivity contribution in [3.63, 3.8) is 0 Å². The number of rotatable bonds is 3. The van der Waals surface area contributed by atoms with Gasteiger partial charge in [0, 0.05) is 0 Å². The number of carbonyl (C=O) groups excluding carboxylic acids is 1. The zero-order valence-corrected chi connectivity index (χ0v) is 16.0. The zero-order valence-electron chi connectivity index (χ0n) is 8.91. The Balaban J connectivity index is 0. The molecule has 5 nitrogen and oxygen atoms in total. The minimum absolute atomic E-state index is 0. The summed E-state index contributed by atoms with van der Waals surface area (Å²) in [5.41, 5.74) is -0.0949. The van der Waals surface area contributed by atoms with Crippen molar-refractivity contribution < 1.29 is 126 Å². The van der Waals surface area contributed by atoms with Crippen molar-refractivity contribution in [3.8, 4) is 0 Å². The predicted octanol–water partition coefficient (Wildman–Crippen LogP) is -6.97. The van der Waals surface area contributed by atoms with Gasteiger partial charge in [0.2, 0.25) is 0 Å². The Labute approximate surface area is 179 Å². The quantitative estimate of drug-likeness (QED) is 0.407. The fourth-order valence-corrected chi connectivity index (χ4v) is 1.77. The van der Waals surface area contributed by atoms with E-state index in [0.29, 0.717) is 0 Å². The molecule has 1 aromatic rings. The molecule has 0 spiro atoms. The maximum absolute atomic E-state index is 10.6. The van der Waals surface area contributed by atoms with Crippen molar-refractivity contribution in [1.82, 2.24) is 0 Å². The first-order chi connectivity index (χ1) is 6.43. The number of carbonyl (C=O) groups is 1. The molecule has 0 saturated heterocycles. The Hall–Kier alpha value is 1.87. The average molecular weight is 292 g/mol. The Morgan fingerprint density at radius 3 is 1.88 bits per heavy atom. The molecular weight excluding hydrogens is 286 g/mol. The molecule has 76 valence electrons. The van der Waals surface area contributed by atoms with E-state index in [-0.39, 0.29) is 108 Å². The molecule has 0 aliphatic rings. The molecule has 0 N–H and O–H groups in total. The summed E-state index contributed by atoms with van der Waals surface area (Å²) in [6.07, 6.45) is 0. The van der Waals surface area contributed by atoms with E-state index < -0.39 is 21.3 Å². The molecule has 0 fully saturated rings. The van der Waals surface area contributed by atoms with E-state index in [2.05, 4.69) is 0 Å². The molecule has 0 aliphatic heterocycles. The molecule has 0 heterocycles. The molecule has 0 radical (unpaired) electrons. The standard InChI is InChI=1S/C8H8O5S.2K/c9-8(10)7(14(11,12)13)6-4-2-1-3-5-6;;/h1-5,7H,(H,9,10)(H,11,12,13);;/q;2*+1/p-2. The Kier molecular flexibility index (Phi) is 11.2. The first-order valence-electron chi connectivity index (χ1n) is 3.63. The smallest absolute Gasteiger partial charge is 0.747 e. The van der Waals surface area contributed by atoms with Gasteiger partial charge in [-0.05, 0) is 5.56 Å². The molecule has 0 aromatic heterocycles. The van der Waals surface area contributed by atoms with Crippen molar-refractivity contribution in [1.29, 1.82) is 0 Å². The third-order valence-electron chi connectivity index (χ3n) is 1.61. The first-order valence-corrected chi connectivity index (χ1v) is 5.10. The van der Waals surface area contributed by atoms with Gasteiger partial charge in [0.25, 0.3) is 0 Å². The summed E-state index contributed by atoms with van der Waals surface area (Å²) in [7, 11) is -4.93. The van der Waals surface area contributed by atoms with Crippen LogP contribution >= 0.6 is 0 Å². The molecule has 1 atom stereocenters. The van der Waals surface area contributed by atoms with Crippen LogP contribution in [-0.4, -0.2) is 18.9 Å². The first kappa shape index (κ1) is 20.2. The van der Waals surface area contributed by atoms with E-state index in [4.69, 9.17) is 0 Å². The number of benzene rings is 1. The topological polar surface area (TPSA) is 97.3 Å². The SMILES string of the molecule is O=C([O-])C(c1ccccc1)S(=O)(=O)[O-].[K+].[K+]. The van der Waals surface area contributed by atoms with Crippen LogP contribution < -0.4 is 108 Å². The monoisotopic (exact) mass is 292 g/mol. The van der Waals surface area contributed by atoms with E-state index in [9.17, 15) is 22.9 Å². The van der Waals surface area contributed by atoms with Gasteiger partial charge in [-0.3, -0.25) is 0 Å². The van der Waals surface area contributed by atoms with Crippen LogP contribution in [0.1, 0.15) is 10.8 Å². The van der Waals surface area contributed by atoms with Gasteiger partial charge in [0.1, 0.15) is 15.4 Å². The summed E-state index contributed by atoms with van der Waals surface area (Å²) in [6.45, 7) is 0. The second kappa shape index (κ2) is 8.89. The van der Waals surface area contributed by atoms with Crippen molar-refractivity contribution in [2.24, 2.45) is 0 Å². The predicted molar refractivity (Wildman–Crippen MR) is 43.9 cm³/mol. The maximum atomic E-state index is 10.6. The van der Waals surface area contributed by atoms with Crippen molar-refractivity contribution in [2.75, 3.05) is 0 Å². The van der Waals surface area contributed by atoms with Gasteiger partial charge in [-0.15, -0.1) is 0 Å². The van der Waals surface area contributed by atoms with Crippen LogP contribution in [0.3, 0.4) is 0 Å². The molecule has 0 amide bonds. The second-order valence-electron chi connectivity index (χ2n) is 2.60. The average Bonchev–Trinajstić information content (AvgIpc) is 2.02. The van der Waals surface area contributed by atoms with Gasteiger partial charge in [-0.1, -0.05) is 30.3 Å². The summed E-state index contributed by atoms with van der Waals surface area (Å²) >= 11 is 0. The van der Waals surface area contributed by atoms with Crippen molar-refractivity contribution in [2.45, 2.75) is 5.25 Å². The van der Waals surface area contributed by atoms with Crippen LogP contribution in [0.2, 0.25) is 0 Å². The summed E-state index contributed by atoms with van der Waals surface area (Å²) < 4.78 is 31.8. The van der Waals surface area contributed by atoms with Gasteiger partial charge in [0.05, 0.1) is 5.97 Å². The van der Waals surface area contributed by atoms with Crippen LogP contribution in [0.25, 0.3) is 0 Å². The van der Waals surface area contributed by atoms with Gasteiger partial charge in [0.15, 0.2) is 0 Å². The van der Waals surface area contributed by atoms with Crippen LogP contribution in [0.4, 0.5) is 0 Å². The number of carboxylic acids is 1. The summed E-state index contributed by atoms with van der Waals surface area (Å²) in [4.78, 5) is 10.5. The van der Waals surface area contributed by atoms with Crippen molar-refractivity contribution in [3.05, 3.63) is 35.9 Å². The molecule has 0 aliphatic carbocycles. The minimum Gasteiger partial charge on any atom is -0.747 e. The summed E-state index contributed by atoms with van der Waals surface area (Å²) in [5.74, 6) is -1.91. The Bertz CT molecular complexity index is 431.